The summed E-state index contributed by atoms with van der Waals surface area (Å²) in [7, 11) is 0. The van der Waals surface area contributed by atoms with Crippen molar-refractivity contribution in [3.63, 3.8) is 0 Å². The molecule has 1 unspecified atom stereocenters. The molecule has 6 heterocycles. The van der Waals surface area contributed by atoms with E-state index >= 15 is 0 Å². The Hall–Kier alpha value is -3.98. The number of ether oxygens (including phenoxy) is 1. The predicted octanol–water partition coefficient (Wildman–Crippen LogP) is 2.77. The van der Waals surface area contributed by atoms with Crippen molar-refractivity contribution in [2.45, 2.75) is 73.8 Å². The third-order valence-corrected chi connectivity index (χ3v) is 11.4. The van der Waals surface area contributed by atoms with Crippen molar-refractivity contribution in [3.8, 4) is 0 Å². The fraction of sp³-hybridized carbons (Fsp3) is 0.438. The molecule has 0 saturated carbocycles. The third-order valence-electron chi connectivity index (χ3n) is 9.80. The van der Waals surface area contributed by atoms with E-state index in [2.05, 4.69) is 37.4 Å². The van der Waals surface area contributed by atoms with Crippen molar-refractivity contribution in [2.75, 3.05) is 36.1 Å². The molecule has 0 aliphatic carbocycles. The van der Waals surface area contributed by atoms with Gasteiger partial charge in [-0.15, -0.1) is 0 Å². The Labute approximate surface area is 281 Å². The first kappa shape index (κ1) is 31.6. The van der Waals surface area contributed by atoms with Crippen LogP contribution in [0.1, 0.15) is 54.1 Å². The minimum atomic E-state index is -0.623. The number of benzene rings is 1. The van der Waals surface area contributed by atoms with Crippen LogP contribution in [0.2, 0.25) is 5.02 Å². The van der Waals surface area contributed by atoms with Crippen LogP contribution in [0.5, 0.6) is 0 Å². The minimum absolute atomic E-state index is 0.0298. The summed E-state index contributed by atoms with van der Waals surface area (Å²) in [6.07, 6.45) is 5.79. The maximum absolute atomic E-state index is 13.1. The second kappa shape index (κ2) is 12.6. The number of nitrogens with one attached hydrogen (secondary N) is 2. The molecule has 13 nitrogen and oxygen atoms in total. The first-order chi connectivity index (χ1) is 22.6. The maximum Gasteiger partial charge on any atom is 0.255 e. The standard InChI is InChI=1S/C32H36ClN9O4S/c1-17-26(37-13-18-2-3-20-19(12-18)15-42(31(20)45)21-4-5-24(43)40-29(21)44)32(16-46-17)7-10-41(11-8-32)23-14-38-30(28(35)39-23)47-22-6-9-36-27(34)25(22)33/h2-3,6,9,12,14,17,21,26,37H,4-5,7-8,10-11,13,15-16H2,1H3,(H2,34,36)(H2,35,39)(H,40,43,44)/t17-,21?,26+/m0/s1. The van der Waals surface area contributed by atoms with Gasteiger partial charge < -0.3 is 31.3 Å². The molecule has 6 N–H and O–H groups in total. The van der Waals surface area contributed by atoms with Gasteiger partial charge >= 0.3 is 0 Å². The van der Waals surface area contributed by atoms with Gasteiger partial charge in [0.2, 0.25) is 11.8 Å². The van der Waals surface area contributed by atoms with Crippen molar-refractivity contribution >= 4 is 58.5 Å². The molecule has 246 valence electrons. The summed E-state index contributed by atoms with van der Waals surface area (Å²) < 4.78 is 6.22. The van der Waals surface area contributed by atoms with Gasteiger partial charge in [0.05, 0.1) is 23.9 Å². The number of halogens is 1. The quantitative estimate of drug-likeness (QED) is 0.269. The molecule has 2 aromatic heterocycles. The van der Waals surface area contributed by atoms with E-state index in [1.807, 2.05) is 18.2 Å². The smallest absolute Gasteiger partial charge is 0.255 e. The molecule has 4 aliphatic heterocycles. The Morgan fingerprint density at radius 2 is 1.96 bits per heavy atom. The number of nitrogens with two attached hydrogens (primary N) is 2. The zero-order chi connectivity index (χ0) is 32.9. The molecule has 4 aliphatic rings. The molecular weight excluding hydrogens is 642 g/mol. The number of amides is 3. The van der Waals surface area contributed by atoms with Gasteiger partial charge in [-0.25, -0.2) is 15.0 Å². The second-order valence-electron chi connectivity index (χ2n) is 12.6. The average molecular weight is 678 g/mol. The molecular formula is C32H36ClN9O4S. The van der Waals surface area contributed by atoms with Gasteiger partial charge in [0.15, 0.2) is 5.82 Å². The van der Waals surface area contributed by atoms with Crippen LogP contribution in [0.25, 0.3) is 0 Å². The van der Waals surface area contributed by atoms with Crippen LogP contribution in [0, 0.1) is 5.41 Å². The normalized spacial score (nSPS) is 23.8. The molecule has 15 heteroatoms. The van der Waals surface area contributed by atoms with Crippen LogP contribution in [0.15, 0.2) is 46.6 Å². The van der Waals surface area contributed by atoms with Gasteiger partial charge in [0.25, 0.3) is 5.91 Å². The van der Waals surface area contributed by atoms with Gasteiger partial charge in [-0.2, -0.15) is 0 Å². The summed E-state index contributed by atoms with van der Waals surface area (Å²) in [5.74, 6) is 0.451. The maximum atomic E-state index is 13.1. The Bertz CT molecular complexity index is 1750. The van der Waals surface area contributed by atoms with E-state index in [-0.39, 0.29) is 41.6 Å². The highest BCUT2D eigenvalue weighted by molar-refractivity contribution is 7.99. The number of aromatic nitrogens is 3. The second-order valence-corrected chi connectivity index (χ2v) is 14.1. The number of rotatable bonds is 7. The van der Waals surface area contributed by atoms with Crippen molar-refractivity contribution < 1.29 is 19.1 Å². The highest BCUT2D eigenvalue weighted by Crippen LogP contribution is 2.43. The molecule has 3 saturated heterocycles. The monoisotopic (exact) mass is 677 g/mol. The van der Waals surface area contributed by atoms with Gasteiger partial charge in [-0.05, 0) is 49.4 Å². The lowest BCUT2D eigenvalue weighted by Gasteiger charge is -2.43. The topological polar surface area (TPSA) is 182 Å². The van der Waals surface area contributed by atoms with Crippen LogP contribution in [0.4, 0.5) is 17.5 Å². The number of pyridine rings is 1. The summed E-state index contributed by atoms with van der Waals surface area (Å²) in [4.78, 5) is 54.9. The Morgan fingerprint density at radius 3 is 2.72 bits per heavy atom. The van der Waals surface area contributed by atoms with E-state index in [9.17, 15) is 14.4 Å². The summed E-state index contributed by atoms with van der Waals surface area (Å²) in [6, 6.07) is 7.15. The molecule has 0 radical (unpaired) electrons. The molecule has 3 aromatic rings. The average Bonchev–Trinajstić information content (AvgIpc) is 3.54. The van der Waals surface area contributed by atoms with Crippen LogP contribution >= 0.6 is 23.4 Å². The summed E-state index contributed by atoms with van der Waals surface area (Å²) in [6.45, 7) is 5.35. The van der Waals surface area contributed by atoms with E-state index in [1.165, 1.54) is 11.8 Å². The fourth-order valence-electron chi connectivity index (χ4n) is 7.20. The zero-order valence-electron chi connectivity index (χ0n) is 25.9. The van der Waals surface area contributed by atoms with E-state index < -0.39 is 11.9 Å². The van der Waals surface area contributed by atoms with E-state index in [1.54, 1.807) is 23.4 Å². The zero-order valence-corrected chi connectivity index (χ0v) is 27.4. The Balaban J connectivity index is 0.976. The van der Waals surface area contributed by atoms with E-state index in [0.717, 1.165) is 42.9 Å². The lowest BCUT2D eigenvalue weighted by molar-refractivity contribution is -0.136. The number of hydrogen-bond acceptors (Lipinski definition) is 12. The highest BCUT2D eigenvalue weighted by atomic mass is 35.5. The molecule has 1 spiro atoms. The molecule has 1 aromatic carbocycles. The molecule has 7 rings (SSSR count). The van der Waals surface area contributed by atoms with Crippen LogP contribution in [-0.4, -0.2) is 75.5 Å². The van der Waals surface area contributed by atoms with Crippen molar-refractivity contribution in [1.82, 2.24) is 30.5 Å². The lowest BCUT2D eigenvalue weighted by atomic mass is 9.73. The largest absolute Gasteiger partial charge is 0.382 e. The number of nitrogen functional groups attached to an aromatic ring is 2. The van der Waals surface area contributed by atoms with Crippen LogP contribution in [-0.2, 0) is 27.4 Å². The van der Waals surface area contributed by atoms with Crippen molar-refractivity contribution in [1.29, 1.82) is 0 Å². The van der Waals surface area contributed by atoms with Gasteiger partial charge in [0.1, 0.15) is 22.7 Å². The predicted molar refractivity (Wildman–Crippen MR) is 177 cm³/mol. The Morgan fingerprint density at radius 1 is 1.15 bits per heavy atom. The SMILES string of the molecule is C[C@@H]1OCC2(CCN(c3cnc(Sc4ccnc(N)c4Cl)c(N)n3)CC2)[C@@H]1NCc1ccc2c(c1)CN(C1CCC(=O)NC1=O)C2=O. The molecule has 3 amide bonds. The molecule has 47 heavy (non-hydrogen) atoms. The number of carbonyl (C=O) groups is 3. The van der Waals surface area contributed by atoms with Gasteiger partial charge in [-0.3, -0.25) is 19.7 Å². The fourth-order valence-corrected chi connectivity index (χ4v) is 8.22. The number of imide groups is 1. The first-order valence-electron chi connectivity index (χ1n) is 15.7. The van der Waals surface area contributed by atoms with Gasteiger partial charge in [-0.1, -0.05) is 35.5 Å². The summed E-state index contributed by atoms with van der Waals surface area (Å²) >= 11 is 7.60. The third kappa shape index (κ3) is 5.99. The lowest BCUT2D eigenvalue weighted by Crippen LogP contribution is -2.52. The summed E-state index contributed by atoms with van der Waals surface area (Å²) in [5.41, 5.74) is 14.7. The molecule has 3 fully saturated rings. The minimum Gasteiger partial charge on any atom is -0.382 e. The number of hydrogen-bond donors (Lipinski definition) is 4. The van der Waals surface area contributed by atoms with Crippen molar-refractivity contribution in [3.05, 3.63) is 58.4 Å². The number of nitrogens with zero attached hydrogens (tertiary/aromatic N) is 5. The first-order valence-corrected chi connectivity index (χ1v) is 16.9. The Kier molecular flexibility index (Phi) is 8.45. The van der Waals surface area contributed by atoms with Crippen LogP contribution in [0.3, 0.4) is 0 Å². The van der Waals surface area contributed by atoms with Crippen molar-refractivity contribution in [2.24, 2.45) is 5.41 Å². The van der Waals surface area contributed by atoms with Crippen LogP contribution < -0.4 is 27.0 Å². The molecule has 0 bridgehead atoms. The van der Waals surface area contributed by atoms with Gasteiger partial charge in [0, 0.05) is 60.7 Å². The highest BCUT2D eigenvalue weighted by Gasteiger charge is 2.49. The molecule has 3 atom stereocenters. The van der Waals surface area contributed by atoms with E-state index in [0.29, 0.717) is 52.4 Å². The number of piperidine rings is 2. The number of anilines is 3. The van der Waals surface area contributed by atoms with E-state index in [4.69, 9.17) is 27.8 Å². The number of carbonyl (C=O) groups excluding carboxylic acids is 3. The number of fused-ring (bicyclic) bond motifs is 1. The summed E-state index contributed by atoms with van der Waals surface area (Å²) in [5, 5.41) is 7.06.